The van der Waals surface area contributed by atoms with Crippen LogP contribution < -0.4 is 10.1 Å². The van der Waals surface area contributed by atoms with E-state index in [0.717, 1.165) is 18.7 Å². The third-order valence-corrected chi connectivity index (χ3v) is 4.44. The molecule has 2 nitrogen and oxygen atoms in total. The normalized spacial score (nSPS) is 12.3. The van der Waals surface area contributed by atoms with Crippen LogP contribution in [0.1, 0.15) is 29.8 Å². The van der Waals surface area contributed by atoms with Crippen LogP contribution in [0.5, 0.6) is 5.75 Å². The monoisotopic (exact) mass is 309 g/mol. The minimum atomic E-state index is 0.230. The van der Waals surface area contributed by atoms with Gasteiger partial charge in [0.1, 0.15) is 12.4 Å². The largest absolute Gasteiger partial charge is 0.492 e. The van der Waals surface area contributed by atoms with E-state index in [0.29, 0.717) is 11.6 Å². The lowest BCUT2D eigenvalue weighted by Crippen LogP contribution is -2.27. The molecule has 2 rings (SSSR count). The molecule has 0 bridgehead atoms. The van der Waals surface area contributed by atoms with E-state index in [1.165, 1.54) is 10.4 Å². The second-order valence-electron chi connectivity index (χ2n) is 4.74. The fourth-order valence-corrected chi connectivity index (χ4v) is 3.19. The van der Waals surface area contributed by atoms with E-state index in [1.807, 2.05) is 24.3 Å². The van der Waals surface area contributed by atoms with Gasteiger partial charge in [-0.15, -0.1) is 11.3 Å². The molecule has 20 heavy (non-hydrogen) atoms. The predicted octanol–water partition coefficient (Wildman–Crippen LogP) is 4.83. The summed E-state index contributed by atoms with van der Waals surface area (Å²) in [5, 5.41) is 6.38. The van der Waals surface area contributed by atoms with E-state index >= 15 is 0 Å². The van der Waals surface area contributed by atoms with Crippen LogP contribution in [0.15, 0.2) is 35.7 Å². The molecule has 0 amide bonds. The Morgan fingerprint density at radius 3 is 2.85 bits per heavy atom. The zero-order chi connectivity index (χ0) is 14.4. The molecular formula is C16H20ClNOS. The molecule has 0 saturated heterocycles. The first-order chi connectivity index (χ1) is 9.70. The fraction of sp³-hybridized carbons (Fsp3) is 0.375. The molecule has 1 heterocycles. The number of hydrogen-bond acceptors (Lipinski definition) is 3. The zero-order valence-electron chi connectivity index (χ0n) is 11.9. The van der Waals surface area contributed by atoms with Crippen molar-refractivity contribution in [3.63, 3.8) is 0 Å². The molecule has 108 valence electrons. The van der Waals surface area contributed by atoms with Crippen molar-refractivity contribution in [2.24, 2.45) is 0 Å². The topological polar surface area (TPSA) is 21.3 Å². The number of benzene rings is 1. The van der Waals surface area contributed by atoms with Crippen LogP contribution in [0, 0.1) is 6.92 Å². The van der Waals surface area contributed by atoms with Gasteiger partial charge in [0.15, 0.2) is 0 Å². The van der Waals surface area contributed by atoms with Crippen molar-refractivity contribution in [3.8, 4) is 5.75 Å². The van der Waals surface area contributed by atoms with Crippen molar-refractivity contribution in [3.05, 3.63) is 51.2 Å². The van der Waals surface area contributed by atoms with E-state index in [-0.39, 0.29) is 6.04 Å². The molecule has 1 aromatic heterocycles. The summed E-state index contributed by atoms with van der Waals surface area (Å²) >= 11 is 7.75. The number of halogens is 1. The van der Waals surface area contributed by atoms with Crippen LogP contribution in [0.3, 0.4) is 0 Å². The Kier molecular flexibility index (Phi) is 5.89. The molecule has 0 fully saturated rings. The highest BCUT2D eigenvalue weighted by molar-refractivity contribution is 7.10. The number of nitrogens with one attached hydrogen (secondary N) is 1. The standard InChI is InChI=1S/C16H20ClNOS/c1-3-8-18-15(16-12(2)7-9-20-16)11-19-14-6-4-5-13(17)10-14/h4-7,9-10,15,18H,3,8,11H2,1-2H3. The zero-order valence-corrected chi connectivity index (χ0v) is 13.4. The molecule has 0 aliphatic heterocycles. The predicted molar refractivity (Wildman–Crippen MR) is 87.0 cm³/mol. The third kappa shape index (κ3) is 4.23. The molecule has 1 aromatic carbocycles. The van der Waals surface area contributed by atoms with Gasteiger partial charge < -0.3 is 10.1 Å². The van der Waals surface area contributed by atoms with Gasteiger partial charge in [-0.25, -0.2) is 0 Å². The molecule has 1 N–H and O–H groups in total. The number of aryl methyl sites for hydroxylation is 1. The van der Waals surface area contributed by atoms with Gasteiger partial charge in [0.2, 0.25) is 0 Å². The van der Waals surface area contributed by atoms with Crippen LogP contribution in [0.4, 0.5) is 0 Å². The summed E-state index contributed by atoms with van der Waals surface area (Å²) in [4.78, 5) is 1.35. The van der Waals surface area contributed by atoms with Crippen molar-refractivity contribution in [2.75, 3.05) is 13.2 Å². The lowest BCUT2D eigenvalue weighted by molar-refractivity contribution is 0.268. The lowest BCUT2D eigenvalue weighted by Gasteiger charge is -2.19. The maximum Gasteiger partial charge on any atom is 0.120 e. The molecule has 0 aliphatic carbocycles. The molecule has 0 spiro atoms. The molecule has 0 radical (unpaired) electrons. The van der Waals surface area contributed by atoms with Gasteiger partial charge >= 0.3 is 0 Å². The molecule has 2 aromatic rings. The highest BCUT2D eigenvalue weighted by atomic mass is 35.5. The quantitative estimate of drug-likeness (QED) is 0.791. The van der Waals surface area contributed by atoms with Crippen LogP contribution in [0.2, 0.25) is 5.02 Å². The average molecular weight is 310 g/mol. The Morgan fingerprint density at radius 2 is 2.20 bits per heavy atom. The maximum absolute atomic E-state index is 5.97. The Hall–Kier alpha value is -1.03. The van der Waals surface area contributed by atoms with Crippen LogP contribution in [-0.4, -0.2) is 13.2 Å². The van der Waals surface area contributed by atoms with Crippen molar-refractivity contribution in [1.82, 2.24) is 5.32 Å². The van der Waals surface area contributed by atoms with Gasteiger partial charge in [-0.2, -0.15) is 0 Å². The van der Waals surface area contributed by atoms with Gasteiger partial charge in [-0.3, -0.25) is 0 Å². The Morgan fingerprint density at radius 1 is 1.35 bits per heavy atom. The first-order valence-electron chi connectivity index (χ1n) is 6.86. The second-order valence-corrected chi connectivity index (χ2v) is 6.13. The van der Waals surface area contributed by atoms with E-state index in [4.69, 9.17) is 16.3 Å². The Labute approximate surface area is 129 Å². The minimum absolute atomic E-state index is 0.230. The van der Waals surface area contributed by atoms with Crippen molar-refractivity contribution < 1.29 is 4.74 Å². The summed E-state index contributed by atoms with van der Waals surface area (Å²) in [6, 6.07) is 9.92. The lowest BCUT2D eigenvalue weighted by atomic mass is 10.1. The molecular weight excluding hydrogens is 290 g/mol. The Balaban J connectivity index is 2.03. The third-order valence-electron chi connectivity index (χ3n) is 3.07. The SMILES string of the molecule is CCCNC(COc1cccc(Cl)c1)c1sccc1C. The first-order valence-corrected chi connectivity index (χ1v) is 8.12. The van der Waals surface area contributed by atoms with E-state index < -0.39 is 0 Å². The molecule has 0 saturated carbocycles. The summed E-state index contributed by atoms with van der Waals surface area (Å²) < 4.78 is 5.88. The smallest absolute Gasteiger partial charge is 0.120 e. The summed E-state index contributed by atoms with van der Waals surface area (Å²) in [7, 11) is 0. The molecule has 1 unspecified atom stereocenters. The summed E-state index contributed by atoms with van der Waals surface area (Å²) in [6.45, 7) is 5.91. The number of hydrogen-bond donors (Lipinski definition) is 1. The van der Waals surface area contributed by atoms with Crippen LogP contribution in [-0.2, 0) is 0 Å². The van der Waals surface area contributed by atoms with Gasteiger partial charge in [0.05, 0.1) is 6.04 Å². The summed E-state index contributed by atoms with van der Waals surface area (Å²) in [6.07, 6.45) is 1.11. The van der Waals surface area contributed by atoms with Gasteiger partial charge in [0, 0.05) is 9.90 Å². The highest BCUT2D eigenvalue weighted by Crippen LogP contribution is 2.25. The summed E-state index contributed by atoms with van der Waals surface area (Å²) in [5.41, 5.74) is 1.32. The van der Waals surface area contributed by atoms with E-state index in [9.17, 15) is 0 Å². The summed E-state index contributed by atoms with van der Waals surface area (Å²) in [5.74, 6) is 0.815. The molecule has 1 atom stereocenters. The van der Waals surface area contributed by atoms with Crippen LogP contribution >= 0.6 is 22.9 Å². The minimum Gasteiger partial charge on any atom is -0.492 e. The van der Waals surface area contributed by atoms with Gasteiger partial charge in [-0.05, 0) is 55.1 Å². The van der Waals surface area contributed by atoms with Crippen molar-refractivity contribution >= 4 is 22.9 Å². The fourth-order valence-electron chi connectivity index (χ4n) is 2.02. The number of rotatable bonds is 7. The van der Waals surface area contributed by atoms with E-state index in [1.54, 1.807) is 11.3 Å². The number of ether oxygens (including phenoxy) is 1. The molecule has 0 aliphatic rings. The van der Waals surface area contributed by atoms with Gasteiger partial charge in [-0.1, -0.05) is 24.6 Å². The van der Waals surface area contributed by atoms with Gasteiger partial charge in [0.25, 0.3) is 0 Å². The highest BCUT2D eigenvalue weighted by Gasteiger charge is 2.15. The first kappa shape index (κ1) is 15.4. The van der Waals surface area contributed by atoms with Crippen molar-refractivity contribution in [1.29, 1.82) is 0 Å². The van der Waals surface area contributed by atoms with Crippen LogP contribution in [0.25, 0.3) is 0 Å². The second kappa shape index (κ2) is 7.67. The van der Waals surface area contributed by atoms with Crippen molar-refractivity contribution in [2.45, 2.75) is 26.3 Å². The molecule has 4 heteroatoms. The maximum atomic E-state index is 5.97. The number of thiophene rings is 1. The Bertz CT molecular complexity index is 541. The average Bonchev–Trinajstić information content (AvgIpc) is 2.85. The van der Waals surface area contributed by atoms with E-state index in [2.05, 4.69) is 30.6 Å².